The summed E-state index contributed by atoms with van der Waals surface area (Å²) in [4.78, 5) is 12.2. The van der Waals surface area contributed by atoms with Gasteiger partial charge in [-0.1, -0.05) is 30.3 Å². The van der Waals surface area contributed by atoms with E-state index in [0.29, 0.717) is 18.9 Å². The summed E-state index contributed by atoms with van der Waals surface area (Å²) in [5, 5.41) is 14.1. The summed E-state index contributed by atoms with van der Waals surface area (Å²) in [6, 6.07) is 18.6. The van der Waals surface area contributed by atoms with E-state index in [2.05, 4.69) is 20.8 Å². The van der Waals surface area contributed by atoms with E-state index in [1.807, 2.05) is 48.5 Å². The van der Waals surface area contributed by atoms with Crippen LogP contribution in [0.3, 0.4) is 0 Å². The number of methoxy groups -OCH3 is 2. The molecule has 7 heteroatoms. The molecule has 3 aromatic rings. The zero-order valence-electron chi connectivity index (χ0n) is 15.8. The van der Waals surface area contributed by atoms with E-state index in [-0.39, 0.29) is 11.6 Å². The molecule has 7 nitrogen and oxygen atoms in total. The van der Waals surface area contributed by atoms with Crippen molar-refractivity contribution < 1.29 is 14.3 Å². The van der Waals surface area contributed by atoms with E-state index in [1.54, 1.807) is 26.4 Å². The van der Waals surface area contributed by atoms with Crippen LogP contribution >= 0.6 is 0 Å². The maximum atomic E-state index is 12.2. The molecule has 0 saturated carbocycles. The smallest absolute Gasteiger partial charge is 0.272 e. The minimum atomic E-state index is -0.278. The zero-order valence-corrected chi connectivity index (χ0v) is 15.8. The summed E-state index contributed by atoms with van der Waals surface area (Å²) in [5.41, 5.74) is 2.24. The van der Waals surface area contributed by atoms with Crippen LogP contribution in [-0.2, 0) is 13.1 Å². The van der Waals surface area contributed by atoms with Crippen LogP contribution in [0.1, 0.15) is 21.6 Å². The molecule has 144 valence electrons. The Balaban J connectivity index is 1.53. The minimum absolute atomic E-state index is 0.261. The number of rotatable bonds is 8. The number of ether oxygens (including phenoxy) is 2. The predicted molar refractivity (Wildman–Crippen MR) is 107 cm³/mol. The van der Waals surface area contributed by atoms with Crippen molar-refractivity contribution in [1.82, 2.24) is 15.5 Å². The number of anilines is 1. The number of carbonyl (C=O) groups is 1. The molecule has 0 spiro atoms. The van der Waals surface area contributed by atoms with Crippen molar-refractivity contribution in [2.45, 2.75) is 13.1 Å². The van der Waals surface area contributed by atoms with Crippen LogP contribution in [0.4, 0.5) is 5.82 Å². The van der Waals surface area contributed by atoms with Crippen molar-refractivity contribution in [2.75, 3.05) is 19.5 Å². The Kier molecular flexibility index (Phi) is 6.41. The standard InChI is InChI=1S/C21H22N4O3/c1-27-17-9-7-15(8-10-17)13-23-21(26)18-11-12-20(25-24-18)22-14-16-5-3-4-6-19(16)28-2/h3-12H,13-14H2,1-2H3,(H,22,25)(H,23,26). The van der Waals surface area contributed by atoms with E-state index in [4.69, 9.17) is 9.47 Å². The number of amides is 1. The van der Waals surface area contributed by atoms with Crippen LogP contribution in [0.2, 0.25) is 0 Å². The number of aromatic nitrogens is 2. The highest BCUT2D eigenvalue weighted by Gasteiger charge is 2.09. The van der Waals surface area contributed by atoms with Gasteiger partial charge in [0.05, 0.1) is 14.2 Å². The summed E-state index contributed by atoms with van der Waals surface area (Å²) < 4.78 is 10.4. The summed E-state index contributed by atoms with van der Waals surface area (Å²) in [6.07, 6.45) is 0. The Morgan fingerprint density at radius 3 is 2.36 bits per heavy atom. The number of hydrogen-bond donors (Lipinski definition) is 2. The normalized spacial score (nSPS) is 10.2. The zero-order chi connectivity index (χ0) is 19.8. The number of carbonyl (C=O) groups excluding carboxylic acids is 1. The second kappa shape index (κ2) is 9.36. The summed E-state index contributed by atoms with van der Waals surface area (Å²) in [6.45, 7) is 0.944. The summed E-state index contributed by atoms with van der Waals surface area (Å²) in [7, 11) is 3.25. The molecule has 0 unspecified atom stereocenters. The van der Waals surface area contributed by atoms with Crippen molar-refractivity contribution in [3.8, 4) is 11.5 Å². The van der Waals surface area contributed by atoms with Crippen molar-refractivity contribution in [3.63, 3.8) is 0 Å². The highest BCUT2D eigenvalue weighted by molar-refractivity contribution is 5.92. The minimum Gasteiger partial charge on any atom is -0.497 e. The molecule has 0 radical (unpaired) electrons. The number of para-hydroxylation sites is 1. The van der Waals surface area contributed by atoms with Gasteiger partial charge >= 0.3 is 0 Å². The van der Waals surface area contributed by atoms with Gasteiger partial charge in [0, 0.05) is 18.7 Å². The lowest BCUT2D eigenvalue weighted by molar-refractivity contribution is 0.0945. The van der Waals surface area contributed by atoms with Crippen molar-refractivity contribution in [1.29, 1.82) is 0 Å². The number of hydrogen-bond acceptors (Lipinski definition) is 6. The van der Waals surface area contributed by atoms with Gasteiger partial charge in [0.2, 0.25) is 0 Å². The molecule has 3 rings (SSSR count). The maximum absolute atomic E-state index is 12.2. The second-order valence-electron chi connectivity index (χ2n) is 6.00. The van der Waals surface area contributed by atoms with Crippen molar-refractivity contribution in [2.24, 2.45) is 0 Å². The van der Waals surface area contributed by atoms with Gasteiger partial charge in [-0.25, -0.2) is 0 Å². The molecule has 1 heterocycles. The number of nitrogens with one attached hydrogen (secondary N) is 2. The average Bonchev–Trinajstić information content (AvgIpc) is 2.77. The average molecular weight is 378 g/mol. The molecule has 0 bridgehead atoms. The molecular weight excluding hydrogens is 356 g/mol. The predicted octanol–water partition coefficient (Wildman–Crippen LogP) is 3.04. The molecule has 0 saturated heterocycles. The molecule has 1 amide bonds. The molecular formula is C21H22N4O3. The van der Waals surface area contributed by atoms with Gasteiger partial charge in [-0.3, -0.25) is 4.79 Å². The largest absolute Gasteiger partial charge is 0.497 e. The van der Waals surface area contributed by atoms with Crippen molar-refractivity contribution >= 4 is 11.7 Å². The van der Waals surface area contributed by atoms with Gasteiger partial charge in [-0.05, 0) is 35.9 Å². The first kappa shape index (κ1) is 19.2. The number of benzene rings is 2. The van der Waals surface area contributed by atoms with Gasteiger partial charge < -0.3 is 20.1 Å². The highest BCUT2D eigenvalue weighted by Crippen LogP contribution is 2.18. The van der Waals surface area contributed by atoms with Crippen LogP contribution in [0.25, 0.3) is 0 Å². The van der Waals surface area contributed by atoms with Gasteiger partial charge in [-0.2, -0.15) is 0 Å². The first-order chi connectivity index (χ1) is 13.7. The lowest BCUT2D eigenvalue weighted by atomic mass is 10.2. The first-order valence-corrected chi connectivity index (χ1v) is 8.80. The van der Waals surface area contributed by atoms with Crippen molar-refractivity contribution in [3.05, 3.63) is 77.5 Å². The third-order valence-corrected chi connectivity index (χ3v) is 4.16. The molecule has 2 aromatic carbocycles. The number of nitrogens with zero attached hydrogens (tertiary/aromatic N) is 2. The third kappa shape index (κ3) is 4.97. The van der Waals surface area contributed by atoms with E-state index in [1.165, 1.54) is 0 Å². The van der Waals surface area contributed by atoms with E-state index in [9.17, 15) is 4.79 Å². The fraction of sp³-hybridized carbons (Fsp3) is 0.190. The van der Waals surface area contributed by atoms with Crippen LogP contribution < -0.4 is 20.1 Å². The molecule has 28 heavy (non-hydrogen) atoms. The van der Waals surface area contributed by atoms with Gasteiger partial charge in [0.15, 0.2) is 5.69 Å². The van der Waals surface area contributed by atoms with Crippen LogP contribution in [0, 0.1) is 0 Å². The molecule has 0 aliphatic heterocycles. The Hall–Kier alpha value is -3.61. The summed E-state index contributed by atoms with van der Waals surface area (Å²) in [5.74, 6) is 1.88. The Morgan fingerprint density at radius 1 is 0.893 bits per heavy atom. The maximum Gasteiger partial charge on any atom is 0.272 e. The topological polar surface area (TPSA) is 85.4 Å². The molecule has 0 aliphatic carbocycles. The van der Waals surface area contributed by atoms with Gasteiger partial charge in [-0.15, -0.1) is 10.2 Å². The molecule has 0 atom stereocenters. The van der Waals surface area contributed by atoms with E-state index >= 15 is 0 Å². The molecule has 0 fully saturated rings. The monoisotopic (exact) mass is 378 g/mol. The second-order valence-corrected chi connectivity index (χ2v) is 6.00. The van der Waals surface area contributed by atoms with Crippen LogP contribution in [-0.4, -0.2) is 30.3 Å². The fourth-order valence-corrected chi connectivity index (χ4v) is 2.60. The van der Waals surface area contributed by atoms with E-state index in [0.717, 1.165) is 22.6 Å². The van der Waals surface area contributed by atoms with Crippen LogP contribution in [0.15, 0.2) is 60.7 Å². The Labute approximate surface area is 163 Å². The third-order valence-electron chi connectivity index (χ3n) is 4.16. The lowest BCUT2D eigenvalue weighted by Crippen LogP contribution is -2.24. The first-order valence-electron chi connectivity index (χ1n) is 8.80. The van der Waals surface area contributed by atoms with Crippen LogP contribution in [0.5, 0.6) is 11.5 Å². The van der Waals surface area contributed by atoms with Gasteiger partial charge in [0.1, 0.15) is 17.3 Å². The molecule has 1 aromatic heterocycles. The van der Waals surface area contributed by atoms with E-state index < -0.39 is 0 Å². The highest BCUT2D eigenvalue weighted by atomic mass is 16.5. The SMILES string of the molecule is COc1ccc(CNC(=O)c2ccc(NCc3ccccc3OC)nn2)cc1. The quantitative estimate of drug-likeness (QED) is 0.627. The summed E-state index contributed by atoms with van der Waals surface area (Å²) >= 11 is 0. The Morgan fingerprint density at radius 2 is 1.68 bits per heavy atom. The molecule has 0 aliphatic rings. The van der Waals surface area contributed by atoms with Gasteiger partial charge in [0.25, 0.3) is 5.91 Å². The molecule has 2 N–H and O–H groups in total. The lowest BCUT2D eigenvalue weighted by Gasteiger charge is -2.10. The fourth-order valence-electron chi connectivity index (χ4n) is 2.60. The Bertz CT molecular complexity index is 912.